The average Bonchev–Trinajstić information content (AvgIpc) is 2.90. The van der Waals surface area contributed by atoms with Crippen LogP contribution >= 0.6 is 0 Å². The Kier molecular flexibility index (Phi) is 3.49. The molecule has 20 heavy (non-hydrogen) atoms. The summed E-state index contributed by atoms with van der Waals surface area (Å²) < 4.78 is 0. The van der Waals surface area contributed by atoms with Crippen LogP contribution in [-0.2, 0) is 0 Å². The quantitative estimate of drug-likeness (QED) is 0.900. The highest BCUT2D eigenvalue weighted by molar-refractivity contribution is 6.05. The van der Waals surface area contributed by atoms with E-state index in [2.05, 4.69) is 22.9 Å². The van der Waals surface area contributed by atoms with Gasteiger partial charge in [0.15, 0.2) is 0 Å². The topological polar surface area (TPSA) is 62.1 Å². The van der Waals surface area contributed by atoms with Crippen molar-refractivity contribution < 1.29 is 4.79 Å². The van der Waals surface area contributed by atoms with E-state index in [-0.39, 0.29) is 5.91 Å². The van der Waals surface area contributed by atoms with Crippen LogP contribution < -0.4 is 5.73 Å². The number of nitrogens with zero attached hydrogens (tertiary/aromatic N) is 1. The maximum absolute atomic E-state index is 11.5. The van der Waals surface area contributed by atoms with Gasteiger partial charge in [0.25, 0.3) is 0 Å². The van der Waals surface area contributed by atoms with Gasteiger partial charge in [0.1, 0.15) is 0 Å². The van der Waals surface area contributed by atoms with Crippen LogP contribution in [0.5, 0.6) is 0 Å². The monoisotopic (exact) mass is 271 g/mol. The lowest BCUT2D eigenvalue weighted by Crippen LogP contribution is -2.32. The van der Waals surface area contributed by atoms with Gasteiger partial charge in [0, 0.05) is 28.1 Å². The van der Waals surface area contributed by atoms with Crippen molar-refractivity contribution in [1.82, 2.24) is 9.88 Å². The molecular formula is C16H21N3O. The van der Waals surface area contributed by atoms with Gasteiger partial charge in [-0.15, -0.1) is 0 Å². The van der Waals surface area contributed by atoms with Crippen molar-refractivity contribution in [3.8, 4) is 0 Å². The number of hydrogen-bond donors (Lipinski definition) is 2. The summed E-state index contributed by atoms with van der Waals surface area (Å²) in [6.45, 7) is 5.64. The minimum absolute atomic E-state index is 0.359. The molecule has 1 saturated heterocycles. The third-order valence-electron chi connectivity index (χ3n) is 4.43. The number of fused-ring (bicyclic) bond motifs is 1. The summed E-state index contributed by atoms with van der Waals surface area (Å²) in [5.41, 5.74) is 8.30. The lowest BCUT2D eigenvalue weighted by molar-refractivity contribution is 0.100. The van der Waals surface area contributed by atoms with Crippen LogP contribution in [-0.4, -0.2) is 35.4 Å². The Bertz CT molecular complexity index is 624. The smallest absolute Gasteiger partial charge is 0.249 e. The van der Waals surface area contributed by atoms with E-state index in [1.165, 1.54) is 18.5 Å². The van der Waals surface area contributed by atoms with Crippen LogP contribution in [0.25, 0.3) is 10.9 Å². The molecule has 1 aliphatic rings. The molecule has 1 aromatic heterocycles. The fourth-order valence-corrected chi connectivity index (χ4v) is 3.17. The fraction of sp³-hybridized carbons (Fsp3) is 0.438. The van der Waals surface area contributed by atoms with E-state index >= 15 is 0 Å². The third-order valence-corrected chi connectivity index (χ3v) is 4.43. The zero-order valence-corrected chi connectivity index (χ0v) is 11.9. The number of hydrogen-bond acceptors (Lipinski definition) is 2. The van der Waals surface area contributed by atoms with Crippen LogP contribution in [0.3, 0.4) is 0 Å². The van der Waals surface area contributed by atoms with Crippen molar-refractivity contribution in [2.45, 2.75) is 25.7 Å². The lowest BCUT2D eigenvalue weighted by atomic mass is 9.93. The molecule has 0 aliphatic carbocycles. The first-order valence-corrected chi connectivity index (χ1v) is 7.33. The number of rotatable bonds is 3. The second-order valence-electron chi connectivity index (χ2n) is 5.56. The van der Waals surface area contributed by atoms with Gasteiger partial charge in [-0.1, -0.05) is 13.0 Å². The molecule has 3 rings (SSSR count). The van der Waals surface area contributed by atoms with E-state index in [0.717, 1.165) is 30.5 Å². The fourth-order valence-electron chi connectivity index (χ4n) is 3.17. The van der Waals surface area contributed by atoms with Crippen LogP contribution in [0.4, 0.5) is 0 Å². The van der Waals surface area contributed by atoms with Gasteiger partial charge >= 0.3 is 0 Å². The number of likely N-dealkylation sites (tertiary alicyclic amines) is 1. The van der Waals surface area contributed by atoms with Crippen LogP contribution in [0.15, 0.2) is 24.3 Å². The molecule has 2 aromatic rings. The minimum Gasteiger partial charge on any atom is -0.366 e. The molecule has 3 N–H and O–H groups in total. The molecule has 1 amide bonds. The molecule has 0 radical (unpaired) electrons. The largest absolute Gasteiger partial charge is 0.366 e. The molecule has 0 unspecified atom stereocenters. The third kappa shape index (κ3) is 2.31. The normalized spacial score (nSPS) is 17.6. The SMILES string of the molecule is CCN1CCC(c2cc3c(C(N)=O)cccc3[nH]2)CC1. The van der Waals surface area contributed by atoms with E-state index in [9.17, 15) is 4.79 Å². The van der Waals surface area contributed by atoms with Crippen LogP contribution in [0.1, 0.15) is 41.7 Å². The number of primary amides is 1. The Balaban J connectivity index is 1.90. The first kappa shape index (κ1) is 13.2. The Labute approximate surface area is 118 Å². The van der Waals surface area contributed by atoms with E-state index in [4.69, 9.17) is 5.73 Å². The molecular weight excluding hydrogens is 250 g/mol. The van der Waals surface area contributed by atoms with Gasteiger partial charge < -0.3 is 15.6 Å². The molecule has 1 aromatic carbocycles. The predicted molar refractivity (Wildman–Crippen MR) is 80.9 cm³/mol. The number of carbonyl (C=O) groups is 1. The highest BCUT2D eigenvalue weighted by Gasteiger charge is 2.21. The number of amides is 1. The molecule has 0 bridgehead atoms. The molecule has 1 fully saturated rings. The van der Waals surface area contributed by atoms with Gasteiger partial charge in [0.05, 0.1) is 0 Å². The molecule has 0 saturated carbocycles. The van der Waals surface area contributed by atoms with E-state index in [1.54, 1.807) is 6.07 Å². The van der Waals surface area contributed by atoms with Gasteiger partial charge in [0.2, 0.25) is 5.91 Å². The Hall–Kier alpha value is -1.81. The minimum atomic E-state index is -0.359. The predicted octanol–water partition coefficient (Wildman–Crippen LogP) is 2.47. The number of carbonyl (C=O) groups excluding carboxylic acids is 1. The number of aromatic amines is 1. The Morgan fingerprint density at radius 2 is 2.15 bits per heavy atom. The van der Waals surface area contributed by atoms with Gasteiger partial charge in [-0.2, -0.15) is 0 Å². The summed E-state index contributed by atoms with van der Waals surface area (Å²) in [5.74, 6) is 0.202. The number of nitrogens with two attached hydrogens (primary N) is 1. The van der Waals surface area contributed by atoms with E-state index in [0.29, 0.717) is 11.5 Å². The lowest BCUT2D eigenvalue weighted by Gasteiger charge is -2.30. The number of H-pyrrole nitrogens is 1. The average molecular weight is 271 g/mol. The molecule has 0 atom stereocenters. The van der Waals surface area contributed by atoms with E-state index < -0.39 is 0 Å². The summed E-state index contributed by atoms with van der Waals surface area (Å²) in [6.07, 6.45) is 2.35. The van der Waals surface area contributed by atoms with Crippen molar-refractivity contribution >= 4 is 16.8 Å². The summed E-state index contributed by atoms with van der Waals surface area (Å²) in [4.78, 5) is 17.4. The molecule has 2 heterocycles. The summed E-state index contributed by atoms with van der Waals surface area (Å²) in [6, 6.07) is 7.79. The summed E-state index contributed by atoms with van der Waals surface area (Å²) >= 11 is 0. The van der Waals surface area contributed by atoms with Crippen molar-refractivity contribution in [2.24, 2.45) is 5.73 Å². The highest BCUT2D eigenvalue weighted by atomic mass is 16.1. The molecule has 4 nitrogen and oxygen atoms in total. The van der Waals surface area contributed by atoms with E-state index in [1.807, 2.05) is 12.1 Å². The van der Waals surface area contributed by atoms with Crippen LogP contribution in [0, 0.1) is 0 Å². The second-order valence-corrected chi connectivity index (χ2v) is 5.56. The van der Waals surface area contributed by atoms with Gasteiger partial charge in [-0.25, -0.2) is 0 Å². The van der Waals surface area contributed by atoms with Gasteiger partial charge in [-0.3, -0.25) is 4.79 Å². The van der Waals surface area contributed by atoms with Gasteiger partial charge in [-0.05, 0) is 50.7 Å². The van der Waals surface area contributed by atoms with Crippen molar-refractivity contribution in [3.05, 3.63) is 35.5 Å². The number of aromatic nitrogens is 1. The zero-order valence-electron chi connectivity index (χ0n) is 11.9. The highest BCUT2D eigenvalue weighted by Crippen LogP contribution is 2.30. The molecule has 4 heteroatoms. The maximum Gasteiger partial charge on any atom is 0.249 e. The second kappa shape index (κ2) is 5.29. The first-order chi connectivity index (χ1) is 9.69. The maximum atomic E-state index is 11.5. The van der Waals surface area contributed by atoms with Crippen molar-refractivity contribution in [2.75, 3.05) is 19.6 Å². The summed E-state index contributed by atoms with van der Waals surface area (Å²) in [5, 5.41) is 0.952. The Morgan fingerprint density at radius 1 is 1.40 bits per heavy atom. The molecule has 0 spiro atoms. The van der Waals surface area contributed by atoms with Crippen molar-refractivity contribution in [3.63, 3.8) is 0 Å². The first-order valence-electron chi connectivity index (χ1n) is 7.33. The zero-order chi connectivity index (χ0) is 14.1. The van der Waals surface area contributed by atoms with Crippen LogP contribution in [0.2, 0.25) is 0 Å². The number of piperidine rings is 1. The number of nitrogens with one attached hydrogen (secondary N) is 1. The molecule has 106 valence electrons. The molecule has 1 aliphatic heterocycles. The number of benzene rings is 1. The standard InChI is InChI=1S/C16H21N3O/c1-2-19-8-6-11(7-9-19)15-10-13-12(16(17)20)4-3-5-14(13)18-15/h3-5,10-11,18H,2,6-9H2,1H3,(H2,17,20). The van der Waals surface area contributed by atoms with Crippen molar-refractivity contribution in [1.29, 1.82) is 0 Å². The Morgan fingerprint density at radius 3 is 2.80 bits per heavy atom. The summed E-state index contributed by atoms with van der Waals surface area (Å²) in [7, 11) is 0.